The van der Waals surface area contributed by atoms with Crippen LogP contribution in [0.2, 0.25) is 0 Å². The van der Waals surface area contributed by atoms with Gasteiger partial charge in [0.1, 0.15) is 23.9 Å². The van der Waals surface area contributed by atoms with Crippen molar-refractivity contribution in [2.75, 3.05) is 13.1 Å². The maximum absolute atomic E-state index is 13.4. The summed E-state index contributed by atoms with van der Waals surface area (Å²) in [7, 11) is 0. The number of aromatic hydroxyl groups is 1. The topological polar surface area (TPSA) is 229 Å². The highest BCUT2D eigenvalue weighted by molar-refractivity contribution is 5.94. The fourth-order valence-corrected chi connectivity index (χ4v) is 4.90. The van der Waals surface area contributed by atoms with Crippen LogP contribution in [-0.4, -0.2) is 83.0 Å². The number of aliphatic carboxylic acids is 1. The number of carboxylic acid groups (broad SMARTS) is 1. The zero-order valence-corrected chi connectivity index (χ0v) is 27.7. The van der Waals surface area contributed by atoms with E-state index in [0.717, 1.165) is 18.1 Å². The van der Waals surface area contributed by atoms with Gasteiger partial charge in [0, 0.05) is 19.9 Å². The zero-order valence-electron chi connectivity index (χ0n) is 27.7. The van der Waals surface area contributed by atoms with E-state index < -0.39 is 60.3 Å². The summed E-state index contributed by atoms with van der Waals surface area (Å²) in [5.74, 6) is -3.15. The van der Waals surface area contributed by atoms with Gasteiger partial charge in [-0.25, -0.2) is 0 Å². The summed E-state index contributed by atoms with van der Waals surface area (Å²) in [6, 6.07) is 11.8. The van der Waals surface area contributed by atoms with Gasteiger partial charge in [0.05, 0.1) is 12.6 Å². The van der Waals surface area contributed by atoms with Crippen LogP contribution >= 0.6 is 0 Å². The molecule has 0 aliphatic carbocycles. The Morgan fingerprint density at radius 3 is 2.15 bits per heavy atom. The number of phenolic OH excluding ortho intramolecular Hbond substituents is 1. The summed E-state index contributed by atoms with van der Waals surface area (Å²) in [6.45, 7) is 4.89. The third kappa shape index (κ3) is 15.1. The van der Waals surface area contributed by atoms with E-state index in [4.69, 9.17) is 15.6 Å². The lowest BCUT2D eigenvalue weighted by Crippen LogP contribution is -2.57. The molecule has 4 atom stereocenters. The van der Waals surface area contributed by atoms with Gasteiger partial charge in [-0.05, 0) is 61.3 Å². The van der Waals surface area contributed by atoms with Crippen molar-refractivity contribution in [3.05, 3.63) is 65.7 Å². The molecule has 1 aliphatic heterocycles. The molecule has 2 aromatic carbocycles. The van der Waals surface area contributed by atoms with Gasteiger partial charge in [-0.15, -0.1) is 0 Å². The number of phenols is 1. The van der Waals surface area contributed by atoms with Crippen LogP contribution in [0.3, 0.4) is 0 Å². The maximum atomic E-state index is 13.4. The Balaban J connectivity index is 0.00000189. The highest BCUT2D eigenvalue weighted by Crippen LogP contribution is 2.12. The van der Waals surface area contributed by atoms with E-state index in [0.29, 0.717) is 25.8 Å². The molecule has 0 spiro atoms. The quantitative estimate of drug-likeness (QED) is 0.196. The second-order valence-electron chi connectivity index (χ2n) is 12.1. The molecule has 14 nitrogen and oxygen atoms in total. The van der Waals surface area contributed by atoms with Gasteiger partial charge in [-0.3, -0.25) is 28.8 Å². The average molecular weight is 669 g/mol. The molecule has 0 bridgehead atoms. The summed E-state index contributed by atoms with van der Waals surface area (Å²) >= 11 is 0. The van der Waals surface area contributed by atoms with E-state index in [-0.39, 0.29) is 36.8 Å². The zero-order chi connectivity index (χ0) is 35.6. The van der Waals surface area contributed by atoms with Crippen molar-refractivity contribution in [3.63, 3.8) is 0 Å². The first-order valence-electron chi connectivity index (χ1n) is 16.0. The van der Waals surface area contributed by atoms with Crippen LogP contribution in [0.25, 0.3) is 0 Å². The Morgan fingerprint density at radius 2 is 1.52 bits per heavy atom. The van der Waals surface area contributed by atoms with Crippen LogP contribution < -0.4 is 32.3 Å². The van der Waals surface area contributed by atoms with Crippen molar-refractivity contribution in [1.29, 1.82) is 0 Å². The van der Waals surface area contributed by atoms with E-state index in [1.165, 1.54) is 12.1 Å². The molecule has 48 heavy (non-hydrogen) atoms. The van der Waals surface area contributed by atoms with Crippen LogP contribution in [0.15, 0.2) is 54.6 Å². The summed E-state index contributed by atoms with van der Waals surface area (Å²) in [5, 5.41) is 30.5. The number of rotatable bonds is 8. The number of amides is 5. The Kier molecular flexibility index (Phi) is 16.6. The number of hydrogen-bond donors (Lipinski definition) is 8. The van der Waals surface area contributed by atoms with Crippen LogP contribution in [0.4, 0.5) is 0 Å². The molecule has 0 unspecified atom stereocenters. The lowest BCUT2D eigenvalue weighted by atomic mass is 10.0. The van der Waals surface area contributed by atoms with Crippen molar-refractivity contribution in [1.82, 2.24) is 26.6 Å². The SMILES string of the molecule is CC(=O)O.CC(C)C[C@@H]1NC(=O)[C@H](Cc2ccccc2)NC(=O)CNC(=O)[C@H](NC(=O)[C@@H](N)Cc2ccc(O)cc2)CCCCNC1=O. The molecule has 1 fully saturated rings. The van der Waals surface area contributed by atoms with Crippen molar-refractivity contribution < 1.29 is 39.0 Å². The lowest BCUT2D eigenvalue weighted by Gasteiger charge is -2.25. The minimum absolute atomic E-state index is 0.0946. The largest absolute Gasteiger partial charge is 0.508 e. The Bertz CT molecular complexity index is 1370. The molecule has 0 radical (unpaired) electrons. The van der Waals surface area contributed by atoms with Crippen LogP contribution in [0.5, 0.6) is 5.75 Å². The van der Waals surface area contributed by atoms with Gasteiger partial charge in [0.15, 0.2) is 0 Å². The third-order valence-corrected chi connectivity index (χ3v) is 7.28. The Morgan fingerprint density at radius 1 is 0.875 bits per heavy atom. The molecule has 0 saturated carbocycles. The Hall–Kier alpha value is -4.98. The number of benzene rings is 2. The second-order valence-corrected chi connectivity index (χ2v) is 12.1. The number of carbonyl (C=O) groups excluding carboxylic acids is 5. The monoisotopic (exact) mass is 668 g/mol. The highest BCUT2D eigenvalue weighted by Gasteiger charge is 2.29. The van der Waals surface area contributed by atoms with E-state index >= 15 is 0 Å². The molecular formula is C34H48N6O8. The minimum atomic E-state index is -0.995. The number of nitrogens with one attached hydrogen (secondary N) is 5. The predicted octanol–water partition coefficient (Wildman–Crippen LogP) is 0.512. The standard InChI is InChI=1S/C32H44N6O6.C2H4O2/c1-20(2)16-26-31(43)34-15-7-6-10-25(37-29(41)24(33)17-22-11-13-23(39)14-12-22)30(42)35-19-28(40)36-27(32(44)38-26)18-21-8-4-3-5-9-21;1-2(3)4/h3-5,8-9,11-14,20,24-27,39H,6-7,10,15-19,33H2,1-2H3,(H,34,43)(H,35,42)(H,36,40)(H,37,41)(H,38,44);1H3,(H,3,4)/t24-,25+,26-,27-;/m0./s1. The number of carbonyl (C=O) groups is 6. The summed E-state index contributed by atoms with van der Waals surface area (Å²) in [4.78, 5) is 74.4. The first-order valence-corrected chi connectivity index (χ1v) is 16.0. The van der Waals surface area contributed by atoms with Gasteiger partial charge >= 0.3 is 0 Å². The molecule has 1 heterocycles. The second kappa shape index (κ2) is 20.3. The fraction of sp³-hybridized carbons (Fsp3) is 0.471. The highest BCUT2D eigenvalue weighted by atomic mass is 16.4. The molecule has 2 aromatic rings. The first-order chi connectivity index (χ1) is 22.7. The Labute approximate surface area is 280 Å². The molecule has 3 rings (SSSR count). The molecule has 5 amide bonds. The summed E-state index contributed by atoms with van der Waals surface area (Å²) < 4.78 is 0. The van der Waals surface area contributed by atoms with Crippen molar-refractivity contribution >= 4 is 35.5 Å². The molecule has 14 heteroatoms. The maximum Gasteiger partial charge on any atom is 0.300 e. The normalized spacial score (nSPS) is 20.1. The van der Waals surface area contributed by atoms with Crippen molar-refractivity contribution in [2.24, 2.45) is 11.7 Å². The van der Waals surface area contributed by atoms with E-state index in [1.807, 2.05) is 44.2 Å². The molecule has 0 aromatic heterocycles. The lowest BCUT2D eigenvalue weighted by molar-refractivity contribution is -0.134. The molecule has 262 valence electrons. The van der Waals surface area contributed by atoms with Crippen LogP contribution in [0.1, 0.15) is 57.6 Å². The third-order valence-electron chi connectivity index (χ3n) is 7.28. The van der Waals surface area contributed by atoms with Gasteiger partial charge in [0.2, 0.25) is 29.5 Å². The van der Waals surface area contributed by atoms with Gasteiger partial charge < -0.3 is 42.5 Å². The van der Waals surface area contributed by atoms with Crippen molar-refractivity contribution in [3.8, 4) is 5.75 Å². The predicted molar refractivity (Wildman–Crippen MR) is 178 cm³/mol. The van der Waals surface area contributed by atoms with Gasteiger partial charge in [0.25, 0.3) is 5.97 Å². The van der Waals surface area contributed by atoms with Gasteiger partial charge in [-0.2, -0.15) is 0 Å². The van der Waals surface area contributed by atoms with Crippen LogP contribution in [0, 0.1) is 5.92 Å². The molecule has 1 aliphatic rings. The average Bonchev–Trinajstić information content (AvgIpc) is 3.02. The number of hydrogen-bond acceptors (Lipinski definition) is 8. The summed E-state index contributed by atoms with van der Waals surface area (Å²) in [6.07, 6.45) is 2.04. The minimum Gasteiger partial charge on any atom is -0.508 e. The van der Waals surface area contributed by atoms with E-state index in [9.17, 15) is 29.1 Å². The molecular weight excluding hydrogens is 620 g/mol. The van der Waals surface area contributed by atoms with E-state index in [1.54, 1.807) is 12.1 Å². The smallest absolute Gasteiger partial charge is 0.300 e. The fourth-order valence-electron chi connectivity index (χ4n) is 4.90. The van der Waals surface area contributed by atoms with Crippen LogP contribution in [-0.2, 0) is 41.6 Å². The molecule has 9 N–H and O–H groups in total. The number of nitrogens with two attached hydrogens (primary N) is 1. The summed E-state index contributed by atoms with van der Waals surface area (Å²) in [5.41, 5.74) is 7.66. The van der Waals surface area contributed by atoms with Gasteiger partial charge in [-0.1, -0.05) is 56.3 Å². The van der Waals surface area contributed by atoms with Crippen molar-refractivity contribution in [2.45, 2.75) is 83.5 Å². The van der Waals surface area contributed by atoms with E-state index in [2.05, 4.69) is 26.6 Å². The molecule has 1 saturated heterocycles. The number of carboxylic acids is 1. The first kappa shape index (κ1) is 39.2.